The molecule has 1 atom stereocenters. The van der Waals surface area contributed by atoms with Crippen molar-refractivity contribution in [2.75, 3.05) is 6.54 Å². The largest absolute Gasteiger partial charge is 0.387 e. The molecule has 0 radical (unpaired) electrons. The van der Waals surface area contributed by atoms with Crippen LogP contribution in [0.1, 0.15) is 28.4 Å². The van der Waals surface area contributed by atoms with E-state index in [1.54, 1.807) is 19.1 Å². The van der Waals surface area contributed by atoms with Gasteiger partial charge in [0, 0.05) is 24.7 Å². The SMILES string of the molecule is Cc1ccccc1C(O)CNCc1ccc(C)c([N+](=O)[O-])c1. The Kier molecular flexibility index (Phi) is 5.25. The Balaban J connectivity index is 1.95. The second-order valence-electron chi connectivity index (χ2n) is 5.38. The topological polar surface area (TPSA) is 75.4 Å². The molecular formula is C17H20N2O3. The van der Waals surface area contributed by atoms with Crippen molar-refractivity contribution in [3.63, 3.8) is 0 Å². The number of hydrogen-bond acceptors (Lipinski definition) is 4. The van der Waals surface area contributed by atoms with Crippen LogP contribution in [0.5, 0.6) is 0 Å². The molecule has 22 heavy (non-hydrogen) atoms. The molecule has 0 amide bonds. The van der Waals surface area contributed by atoms with Gasteiger partial charge in [-0.2, -0.15) is 0 Å². The molecule has 0 heterocycles. The van der Waals surface area contributed by atoms with Gasteiger partial charge in [0.25, 0.3) is 5.69 Å². The van der Waals surface area contributed by atoms with Gasteiger partial charge in [0.2, 0.25) is 0 Å². The summed E-state index contributed by atoms with van der Waals surface area (Å²) in [5.41, 5.74) is 3.54. The molecule has 0 aliphatic rings. The lowest BCUT2D eigenvalue weighted by Gasteiger charge is -2.14. The Bertz CT molecular complexity index is 671. The Hall–Kier alpha value is -2.24. The molecule has 5 heteroatoms. The van der Waals surface area contributed by atoms with E-state index in [2.05, 4.69) is 5.32 Å². The van der Waals surface area contributed by atoms with E-state index in [4.69, 9.17) is 0 Å². The lowest BCUT2D eigenvalue weighted by molar-refractivity contribution is -0.385. The van der Waals surface area contributed by atoms with Crippen molar-refractivity contribution in [1.29, 1.82) is 0 Å². The minimum atomic E-state index is -0.596. The number of aliphatic hydroxyl groups is 1. The first-order chi connectivity index (χ1) is 10.5. The average Bonchev–Trinajstić information content (AvgIpc) is 2.49. The predicted octanol–water partition coefficient (Wildman–Crippen LogP) is 3.03. The first kappa shape index (κ1) is 16.1. The molecule has 2 aromatic carbocycles. The number of rotatable bonds is 6. The monoisotopic (exact) mass is 300 g/mol. The van der Waals surface area contributed by atoms with Crippen molar-refractivity contribution >= 4 is 5.69 Å². The smallest absolute Gasteiger partial charge is 0.272 e. The van der Waals surface area contributed by atoms with Crippen LogP contribution in [0.3, 0.4) is 0 Å². The highest BCUT2D eigenvalue weighted by Crippen LogP contribution is 2.20. The molecular weight excluding hydrogens is 280 g/mol. The van der Waals surface area contributed by atoms with Crippen molar-refractivity contribution in [3.05, 3.63) is 74.8 Å². The molecule has 0 fully saturated rings. The normalized spacial score (nSPS) is 12.1. The fraction of sp³-hybridized carbons (Fsp3) is 0.294. The number of nitro groups is 1. The van der Waals surface area contributed by atoms with Gasteiger partial charge in [0.15, 0.2) is 0 Å². The van der Waals surface area contributed by atoms with E-state index in [0.717, 1.165) is 16.7 Å². The minimum absolute atomic E-state index is 0.124. The van der Waals surface area contributed by atoms with Crippen LogP contribution >= 0.6 is 0 Å². The van der Waals surface area contributed by atoms with E-state index in [9.17, 15) is 15.2 Å². The summed E-state index contributed by atoms with van der Waals surface area (Å²) in [5.74, 6) is 0. The van der Waals surface area contributed by atoms with Crippen LogP contribution in [-0.4, -0.2) is 16.6 Å². The van der Waals surface area contributed by atoms with Gasteiger partial charge in [-0.3, -0.25) is 10.1 Å². The molecule has 0 bridgehead atoms. The number of nitro benzene ring substituents is 1. The molecule has 0 aromatic heterocycles. The average molecular weight is 300 g/mol. The van der Waals surface area contributed by atoms with Crippen LogP contribution in [0, 0.1) is 24.0 Å². The third-order valence-corrected chi connectivity index (χ3v) is 3.68. The van der Waals surface area contributed by atoms with E-state index in [0.29, 0.717) is 18.7 Å². The van der Waals surface area contributed by atoms with Crippen LogP contribution < -0.4 is 5.32 Å². The van der Waals surface area contributed by atoms with Crippen molar-refractivity contribution in [3.8, 4) is 0 Å². The fourth-order valence-electron chi connectivity index (χ4n) is 2.39. The van der Waals surface area contributed by atoms with Crippen LogP contribution in [0.2, 0.25) is 0 Å². The minimum Gasteiger partial charge on any atom is -0.387 e. The third-order valence-electron chi connectivity index (χ3n) is 3.68. The zero-order chi connectivity index (χ0) is 16.1. The number of aliphatic hydroxyl groups excluding tert-OH is 1. The predicted molar refractivity (Wildman–Crippen MR) is 85.7 cm³/mol. The van der Waals surface area contributed by atoms with Gasteiger partial charge < -0.3 is 10.4 Å². The summed E-state index contributed by atoms with van der Waals surface area (Å²) in [6.07, 6.45) is -0.596. The summed E-state index contributed by atoms with van der Waals surface area (Å²) in [6.45, 7) is 4.55. The van der Waals surface area contributed by atoms with Crippen molar-refractivity contribution in [2.24, 2.45) is 0 Å². The molecule has 0 aliphatic carbocycles. The number of hydrogen-bond donors (Lipinski definition) is 2. The molecule has 2 rings (SSSR count). The second kappa shape index (κ2) is 7.15. The van der Waals surface area contributed by atoms with Crippen molar-refractivity contribution < 1.29 is 10.0 Å². The number of nitrogens with zero attached hydrogens (tertiary/aromatic N) is 1. The molecule has 0 aliphatic heterocycles. The molecule has 0 saturated carbocycles. The van der Waals surface area contributed by atoms with E-state index in [1.165, 1.54) is 0 Å². The standard InChI is InChI=1S/C17H20N2O3/c1-12-5-3-4-6-15(12)17(20)11-18-10-14-8-7-13(2)16(9-14)19(21)22/h3-9,17-18,20H,10-11H2,1-2H3. The van der Waals surface area contributed by atoms with Gasteiger partial charge in [-0.05, 0) is 30.5 Å². The van der Waals surface area contributed by atoms with E-state index in [1.807, 2.05) is 37.3 Å². The van der Waals surface area contributed by atoms with Crippen molar-refractivity contribution in [1.82, 2.24) is 5.32 Å². The molecule has 116 valence electrons. The molecule has 0 saturated heterocycles. The van der Waals surface area contributed by atoms with Crippen molar-refractivity contribution in [2.45, 2.75) is 26.5 Å². The first-order valence-electron chi connectivity index (χ1n) is 7.17. The fourth-order valence-corrected chi connectivity index (χ4v) is 2.39. The highest BCUT2D eigenvalue weighted by Gasteiger charge is 2.12. The van der Waals surface area contributed by atoms with Crippen LogP contribution in [0.4, 0.5) is 5.69 Å². The summed E-state index contributed by atoms with van der Waals surface area (Å²) in [6, 6.07) is 12.9. The molecule has 2 aromatic rings. The Morgan fingerprint density at radius 1 is 1.18 bits per heavy atom. The number of benzene rings is 2. The van der Waals surface area contributed by atoms with E-state index < -0.39 is 6.10 Å². The van der Waals surface area contributed by atoms with Gasteiger partial charge >= 0.3 is 0 Å². The van der Waals surface area contributed by atoms with Crippen LogP contribution in [0.15, 0.2) is 42.5 Å². The van der Waals surface area contributed by atoms with Gasteiger partial charge in [0.1, 0.15) is 0 Å². The number of nitrogens with one attached hydrogen (secondary N) is 1. The summed E-state index contributed by atoms with van der Waals surface area (Å²) < 4.78 is 0. The Morgan fingerprint density at radius 3 is 2.59 bits per heavy atom. The zero-order valence-corrected chi connectivity index (χ0v) is 12.7. The molecule has 0 spiro atoms. The highest BCUT2D eigenvalue weighted by molar-refractivity contribution is 5.42. The lowest BCUT2D eigenvalue weighted by atomic mass is 10.0. The van der Waals surface area contributed by atoms with Gasteiger partial charge in [-0.15, -0.1) is 0 Å². The summed E-state index contributed by atoms with van der Waals surface area (Å²) in [4.78, 5) is 10.5. The maximum absolute atomic E-state index is 10.9. The maximum Gasteiger partial charge on any atom is 0.272 e. The third kappa shape index (κ3) is 3.90. The molecule has 5 nitrogen and oxygen atoms in total. The van der Waals surface area contributed by atoms with Gasteiger partial charge in [0.05, 0.1) is 11.0 Å². The van der Waals surface area contributed by atoms with E-state index >= 15 is 0 Å². The van der Waals surface area contributed by atoms with Crippen LogP contribution in [0.25, 0.3) is 0 Å². The van der Waals surface area contributed by atoms with Gasteiger partial charge in [-0.25, -0.2) is 0 Å². The van der Waals surface area contributed by atoms with Crippen LogP contribution in [-0.2, 0) is 6.54 Å². The molecule has 2 N–H and O–H groups in total. The zero-order valence-electron chi connectivity index (χ0n) is 12.7. The van der Waals surface area contributed by atoms with Gasteiger partial charge in [-0.1, -0.05) is 36.4 Å². The second-order valence-corrected chi connectivity index (χ2v) is 5.38. The van der Waals surface area contributed by atoms with E-state index in [-0.39, 0.29) is 10.6 Å². The maximum atomic E-state index is 10.9. The summed E-state index contributed by atoms with van der Waals surface area (Å²) in [7, 11) is 0. The lowest BCUT2D eigenvalue weighted by Crippen LogP contribution is -2.21. The number of aryl methyl sites for hydroxylation is 2. The Morgan fingerprint density at radius 2 is 1.91 bits per heavy atom. The highest BCUT2D eigenvalue weighted by atomic mass is 16.6. The summed E-state index contributed by atoms with van der Waals surface area (Å²) in [5, 5.41) is 24.3. The summed E-state index contributed by atoms with van der Waals surface area (Å²) >= 11 is 0. The Labute approximate surface area is 129 Å². The first-order valence-corrected chi connectivity index (χ1v) is 7.17. The quantitative estimate of drug-likeness (QED) is 0.635. The molecule has 1 unspecified atom stereocenters.